The van der Waals surface area contributed by atoms with E-state index in [1.807, 2.05) is 0 Å². The van der Waals surface area contributed by atoms with E-state index in [0.717, 1.165) is 5.56 Å². The summed E-state index contributed by atoms with van der Waals surface area (Å²) in [5.41, 5.74) is 15.0. The van der Waals surface area contributed by atoms with Crippen LogP contribution in [0.4, 0.5) is 11.8 Å². The standard InChI is InChI=1S/C16H14N6O2/c1-8-12(14(17)22-16(18)21-8)13-11(6-19-7-20-13)9-2-4-10(5-3-9)15(23)24/h2-7H,1H3,(H,23,24)(H4,17,18,21,22). The first-order valence-corrected chi connectivity index (χ1v) is 7.01. The van der Waals surface area contributed by atoms with Crippen LogP contribution in [0.15, 0.2) is 36.8 Å². The summed E-state index contributed by atoms with van der Waals surface area (Å²) in [6.07, 6.45) is 3.03. The van der Waals surface area contributed by atoms with Gasteiger partial charge in [0.1, 0.15) is 12.1 Å². The second kappa shape index (κ2) is 5.92. The first-order chi connectivity index (χ1) is 11.5. The zero-order valence-electron chi connectivity index (χ0n) is 12.8. The molecule has 24 heavy (non-hydrogen) atoms. The third-order valence-corrected chi connectivity index (χ3v) is 3.53. The fourth-order valence-corrected chi connectivity index (χ4v) is 2.44. The van der Waals surface area contributed by atoms with Crippen molar-refractivity contribution in [2.75, 3.05) is 11.5 Å². The minimum atomic E-state index is -0.988. The number of carboxylic acids is 1. The van der Waals surface area contributed by atoms with Crippen LogP contribution in [0.2, 0.25) is 0 Å². The SMILES string of the molecule is Cc1nc(N)nc(N)c1-c1ncncc1-c1ccc(C(=O)O)cc1. The molecule has 8 heteroatoms. The maximum absolute atomic E-state index is 11.0. The molecule has 1 aromatic carbocycles. The molecule has 0 spiro atoms. The molecule has 0 unspecified atom stereocenters. The Bertz CT molecular complexity index is 901. The smallest absolute Gasteiger partial charge is 0.335 e. The Hall–Kier alpha value is -3.55. The van der Waals surface area contributed by atoms with Crippen molar-refractivity contribution in [3.63, 3.8) is 0 Å². The van der Waals surface area contributed by atoms with E-state index in [2.05, 4.69) is 19.9 Å². The van der Waals surface area contributed by atoms with Crippen LogP contribution in [0.5, 0.6) is 0 Å². The van der Waals surface area contributed by atoms with Crippen molar-refractivity contribution in [3.8, 4) is 22.4 Å². The lowest BCUT2D eigenvalue weighted by molar-refractivity contribution is 0.0697. The third kappa shape index (κ3) is 2.72. The summed E-state index contributed by atoms with van der Waals surface area (Å²) in [6.45, 7) is 1.77. The second-order valence-corrected chi connectivity index (χ2v) is 5.09. The molecule has 0 radical (unpaired) electrons. The maximum atomic E-state index is 11.0. The molecule has 0 atom stereocenters. The number of nitrogen functional groups attached to an aromatic ring is 2. The fourth-order valence-electron chi connectivity index (χ4n) is 2.44. The number of aryl methyl sites for hydroxylation is 1. The number of anilines is 2. The molecule has 3 rings (SSSR count). The molecule has 120 valence electrons. The van der Waals surface area contributed by atoms with Crippen LogP contribution >= 0.6 is 0 Å². The van der Waals surface area contributed by atoms with Gasteiger partial charge in [-0.25, -0.2) is 19.7 Å². The summed E-state index contributed by atoms with van der Waals surface area (Å²) in [5, 5.41) is 9.01. The van der Waals surface area contributed by atoms with Crippen LogP contribution < -0.4 is 11.5 Å². The molecule has 2 heterocycles. The summed E-state index contributed by atoms with van der Waals surface area (Å²) in [4.78, 5) is 27.5. The van der Waals surface area contributed by atoms with Gasteiger partial charge in [0.2, 0.25) is 5.95 Å². The molecule has 5 N–H and O–H groups in total. The highest BCUT2D eigenvalue weighted by Gasteiger charge is 2.17. The number of nitrogens with two attached hydrogens (primary N) is 2. The highest BCUT2D eigenvalue weighted by atomic mass is 16.4. The van der Waals surface area contributed by atoms with Gasteiger partial charge in [0.25, 0.3) is 0 Å². The molecule has 0 fully saturated rings. The van der Waals surface area contributed by atoms with Crippen molar-refractivity contribution in [2.45, 2.75) is 6.92 Å². The van der Waals surface area contributed by atoms with E-state index in [1.165, 1.54) is 18.5 Å². The van der Waals surface area contributed by atoms with E-state index in [1.54, 1.807) is 25.3 Å². The van der Waals surface area contributed by atoms with Gasteiger partial charge in [0, 0.05) is 11.8 Å². The minimum Gasteiger partial charge on any atom is -0.478 e. The molecule has 0 bridgehead atoms. The lowest BCUT2D eigenvalue weighted by atomic mass is 9.99. The van der Waals surface area contributed by atoms with Crippen molar-refractivity contribution in [1.82, 2.24) is 19.9 Å². The van der Waals surface area contributed by atoms with Crippen LogP contribution in [-0.2, 0) is 0 Å². The van der Waals surface area contributed by atoms with Crippen molar-refractivity contribution in [1.29, 1.82) is 0 Å². The predicted octanol–water partition coefficient (Wildman–Crippen LogP) is 1.77. The topological polar surface area (TPSA) is 141 Å². The van der Waals surface area contributed by atoms with Gasteiger partial charge in [-0.05, 0) is 24.6 Å². The summed E-state index contributed by atoms with van der Waals surface area (Å²) in [7, 11) is 0. The highest BCUT2D eigenvalue weighted by molar-refractivity contribution is 5.90. The molecule has 0 amide bonds. The molecule has 3 aromatic rings. The Labute approximate surface area is 137 Å². The number of carboxylic acid groups (broad SMARTS) is 1. The molecule has 8 nitrogen and oxygen atoms in total. The molecule has 0 saturated carbocycles. The van der Waals surface area contributed by atoms with E-state index in [9.17, 15) is 4.79 Å². The number of nitrogens with zero attached hydrogens (tertiary/aromatic N) is 4. The summed E-state index contributed by atoms with van der Waals surface area (Å²) in [6, 6.07) is 6.42. The quantitative estimate of drug-likeness (QED) is 0.662. The van der Waals surface area contributed by atoms with Crippen LogP contribution in [0, 0.1) is 6.92 Å². The van der Waals surface area contributed by atoms with Crippen molar-refractivity contribution in [2.24, 2.45) is 0 Å². The normalized spacial score (nSPS) is 10.5. The molecule has 0 aliphatic heterocycles. The van der Waals surface area contributed by atoms with E-state index in [4.69, 9.17) is 16.6 Å². The molecule has 0 aliphatic carbocycles. The Morgan fingerprint density at radius 2 is 1.83 bits per heavy atom. The van der Waals surface area contributed by atoms with Gasteiger partial charge in [-0.3, -0.25) is 0 Å². The van der Waals surface area contributed by atoms with Gasteiger partial charge in [0.15, 0.2) is 0 Å². The molecule has 2 aromatic heterocycles. The summed E-state index contributed by atoms with van der Waals surface area (Å²) in [5.74, 6) is -0.671. The lowest BCUT2D eigenvalue weighted by Gasteiger charge is -2.12. The first kappa shape index (κ1) is 15.3. The Morgan fingerprint density at radius 1 is 1.12 bits per heavy atom. The van der Waals surface area contributed by atoms with Crippen molar-refractivity contribution < 1.29 is 9.90 Å². The zero-order valence-corrected chi connectivity index (χ0v) is 12.8. The summed E-state index contributed by atoms with van der Waals surface area (Å²) >= 11 is 0. The summed E-state index contributed by atoms with van der Waals surface area (Å²) < 4.78 is 0. The Kier molecular flexibility index (Phi) is 3.78. The number of hydrogen-bond acceptors (Lipinski definition) is 7. The van der Waals surface area contributed by atoms with E-state index in [-0.39, 0.29) is 17.3 Å². The number of benzene rings is 1. The third-order valence-electron chi connectivity index (χ3n) is 3.53. The van der Waals surface area contributed by atoms with Crippen molar-refractivity contribution >= 4 is 17.7 Å². The average Bonchev–Trinajstić information content (AvgIpc) is 2.54. The zero-order chi connectivity index (χ0) is 17.3. The number of rotatable bonds is 3. The van der Waals surface area contributed by atoms with Gasteiger partial charge in [0.05, 0.1) is 22.5 Å². The van der Waals surface area contributed by atoms with Crippen molar-refractivity contribution in [3.05, 3.63) is 48.0 Å². The van der Waals surface area contributed by atoms with E-state index in [0.29, 0.717) is 22.5 Å². The Morgan fingerprint density at radius 3 is 2.46 bits per heavy atom. The van der Waals surface area contributed by atoms with Gasteiger partial charge < -0.3 is 16.6 Å². The molecular formula is C16H14N6O2. The second-order valence-electron chi connectivity index (χ2n) is 5.09. The number of carbonyl (C=O) groups is 1. The molecule has 0 aliphatic rings. The van der Waals surface area contributed by atoms with Crippen LogP contribution in [0.25, 0.3) is 22.4 Å². The van der Waals surface area contributed by atoms with Crippen LogP contribution in [0.3, 0.4) is 0 Å². The van der Waals surface area contributed by atoms with Gasteiger partial charge >= 0.3 is 5.97 Å². The maximum Gasteiger partial charge on any atom is 0.335 e. The number of aromatic nitrogens is 4. The lowest BCUT2D eigenvalue weighted by Crippen LogP contribution is -2.06. The minimum absolute atomic E-state index is 0.0927. The average molecular weight is 322 g/mol. The van der Waals surface area contributed by atoms with Gasteiger partial charge in [-0.15, -0.1) is 0 Å². The number of hydrogen-bond donors (Lipinski definition) is 3. The van der Waals surface area contributed by atoms with E-state index >= 15 is 0 Å². The van der Waals surface area contributed by atoms with Crippen LogP contribution in [0.1, 0.15) is 16.1 Å². The van der Waals surface area contributed by atoms with Gasteiger partial charge in [-0.2, -0.15) is 4.98 Å². The highest BCUT2D eigenvalue weighted by Crippen LogP contribution is 2.34. The van der Waals surface area contributed by atoms with Gasteiger partial charge in [-0.1, -0.05) is 12.1 Å². The first-order valence-electron chi connectivity index (χ1n) is 7.01. The monoisotopic (exact) mass is 322 g/mol. The largest absolute Gasteiger partial charge is 0.478 e. The number of aromatic carboxylic acids is 1. The Balaban J connectivity index is 2.18. The van der Waals surface area contributed by atoms with Crippen LogP contribution in [-0.4, -0.2) is 31.0 Å². The van der Waals surface area contributed by atoms with E-state index < -0.39 is 5.97 Å². The fraction of sp³-hybridized carbons (Fsp3) is 0.0625. The molecular weight excluding hydrogens is 308 g/mol. The molecule has 0 saturated heterocycles. The predicted molar refractivity (Wildman–Crippen MR) is 89.0 cm³/mol.